The third-order valence-electron chi connectivity index (χ3n) is 3.37. The molecule has 1 aromatic carbocycles. The van der Waals surface area contributed by atoms with Crippen molar-refractivity contribution in [2.45, 2.75) is 58.8 Å². The summed E-state index contributed by atoms with van der Waals surface area (Å²) < 4.78 is 0. The molecule has 0 saturated heterocycles. The van der Waals surface area contributed by atoms with Crippen LogP contribution in [0.3, 0.4) is 0 Å². The zero-order chi connectivity index (χ0) is 12.5. The first-order valence-corrected chi connectivity index (χ1v) is 7.00. The lowest BCUT2D eigenvalue weighted by Gasteiger charge is -2.15. The molecule has 17 heavy (non-hydrogen) atoms. The van der Waals surface area contributed by atoms with Gasteiger partial charge in [-0.2, -0.15) is 0 Å². The summed E-state index contributed by atoms with van der Waals surface area (Å²) in [5, 5.41) is 8.92. The summed E-state index contributed by atoms with van der Waals surface area (Å²) in [6, 6.07) is 7.37. The Morgan fingerprint density at radius 3 is 2.06 bits per heavy atom. The van der Waals surface area contributed by atoms with Crippen LogP contribution >= 0.6 is 0 Å². The number of aryl methyl sites for hydroxylation is 1. The third-order valence-corrected chi connectivity index (χ3v) is 3.37. The second kappa shape index (κ2) is 8.16. The SMILES string of the molecule is CC1CCCCC1.CCCc1ccc(O)cc1. The number of rotatable bonds is 2. The average Bonchev–Trinajstić information content (AvgIpc) is 2.34. The van der Waals surface area contributed by atoms with Crippen molar-refractivity contribution < 1.29 is 5.11 Å². The number of hydrogen-bond donors (Lipinski definition) is 1. The molecule has 0 aliphatic heterocycles. The van der Waals surface area contributed by atoms with Crippen molar-refractivity contribution in [1.82, 2.24) is 0 Å². The highest BCUT2D eigenvalue weighted by Gasteiger charge is 2.05. The first-order valence-electron chi connectivity index (χ1n) is 7.00. The molecule has 0 aromatic heterocycles. The van der Waals surface area contributed by atoms with Crippen molar-refractivity contribution in [3.63, 3.8) is 0 Å². The van der Waals surface area contributed by atoms with Crippen LogP contribution in [0.1, 0.15) is 57.9 Å². The van der Waals surface area contributed by atoms with Gasteiger partial charge < -0.3 is 5.11 Å². The predicted molar refractivity (Wildman–Crippen MR) is 74.4 cm³/mol. The van der Waals surface area contributed by atoms with E-state index in [0.29, 0.717) is 5.75 Å². The van der Waals surface area contributed by atoms with Gasteiger partial charge in [0.15, 0.2) is 0 Å². The van der Waals surface area contributed by atoms with Crippen LogP contribution in [0, 0.1) is 5.92 Å². The molecule has 0 atom stereocenters. The minimum Gasteiger partial charge on any atom is -0.508 e. The second-order valence-electron chi connectivity index (χ2n) is 5.16. The zero-order valence-electron chi connectivity index (χ0n) is 11.3. The summed E-state index contributed by atoms with van der Waals surface area (Å²) in [4.78, 5) is 0. The van der Waals surface area contributed by atoms with Crippen molar-refractivity contribution in [3.05, 3.63) is 29.8 Å². The van der Waals surface area contributed by atoms with E-state index in [1.54, 1.807) is 12.1 Å². The Morgan fingerprint density at radius 2 is 1.65 bits per heavy atom. The van der Waals surface area contributed by atoms with E-state index in [0.717, 1.165) is 18.8 Å². The lowest BCUT2D eigenvalue weighted by molar-refractivity contribution is 0.385. The van der Waals surface area contributed by atoms with Gasteiger partial charge in [-0.25, -0.2) is 0 Å². The number of benzene rings is 1. The highest BCUT2D eigenvalue weighted by Crippen LogP contribution is 2.22. The van der Waals surface area contributed by atoms with Gasteiger partial charge in [-0.15, -0.1) is 0 Å². The maximum Gasteiger partial charge on any atom is 0.115 e. The molecule has 0 bridgehead atoms. The number of hydrogen-bond acceptors (Lipinski definition) is 1. The van der Waals surface area contributed by atoms with Gasteiger partial charge in [-0.1, -0.05) is 64.5 Å². The lowest BCUT2D eigenvalue weighted by atomic mass is 9.91. The van der Waals surface area contributed by atoms with Crippen molar-refractivity contribution in [2.24, 2.45) is 5.92 Å². The van der Waals surface area contributed by atoms with Crippen LogP contribution in [0.2, 0.25) is 0 Å². The lowest BCUT2D eigenvalue weighted by Crippen LogP contribution is -1.99. The van der Waals surface area contributed by atoms with E-state index in [1.165, 1.54) is 37.7 Å². The second-order valence-corrected chi connectivity index (χ2v) is 5.16. The fraction of sp³-hybridized carbons (Fsp3) is 0.625. The third kappa shape index (κ3) is 6.35. The van der Waals surface area contributed by atoms with Crippen molar-refractivity contribution in [2.75, 3.05) is 0 Å². The molecule has 1 aliphatic rings. The van der Waals surface area contributed by atoms with E-state index in [1.807, 2.05) is 12.1 Å². The van der Waals surface area contributed by atoms with Crippen LogP contribution < -0.4 is 0 Å². The van der Waals surface area contributed by atoms with E-state index in [9.17, 15) is 0 Å². The van der Waals surface area contributed by atoms with Gasteiger partial charge in [0.05, 0.1) is 0 Å². The Hall–Kier alpha value is -0.980. The number of phenols is 1. The molecule has 0 radical (unpaired) electrons. The van der Waals surface area contributed by atoms with Crippen molar-refractivity contribution in [3.8, 4) is 5.75 Å². The maximum atomic E-state index is 8.92. The molecule has 1 aliphatic carbocycles. The summed E-state index contributed by atoms with van der Waals surface area (Å²) in [6.07, 6.45) is 9.69. The van der Waals surface area contributed by atoms with E-state index < -0.39 is 0 Å². The largest absolute Gasteiger partial charge is 0.508 e. The minimum absolute atomic E-state index is 0.347. The number of aromatic hydroxyl groups is 1. The van der Waals surface area contributed by atoms with E-state index >= 15 is 0 Å². The summed E-state index contributed by atoms with van der Waals surface area (Å²) in [5.41, 5.74) is 1.29. The van der Waals surface area contributed by atoms with Gasteiger partial charge in [-0.05, 0) is 30.0 Å². The van der Waals surface area contributed by atoms with Gasteiger partial charge in [-0.3, -0.25) is 0 Å². The Labute approximate surface area is 106 Å². The molecule has 1 nitrogen and oxygen atoms in total. The fourth-order valence-corrected chi connectivity index (χ4v) is 2.26. The van der Waals surface area contributed by atoms with Gasteiger partial charge in [0.1, 0.15) is 5.75 Å². The van der Waals surface area contributed by atoms with Crippen LogP contribution in [-0.2, 0) is 6.42 Å². The van der Waals surface area contributed by atoms with E-state index in [2.05, 4.69) is 13.8 Å². The van der Waals surface area contributed by atoms with Gasteiger partial charge in [0, 0.05) is 0 Å². The summed E-state index contributed by atoms with van der Waals surface area (Å²) >= 11 is 0. The summed E-state index contributed by atoms with van der Waals surface area (Å²) in [7, 11) is 0. The Morgan fingerprint density at radius 1 is 1.06 bits per heavy atom. The van der Waals surface area contributed by atoms with Gasteiger partial charge in [0.2, 0.25) is 0 Å². The van der Waals surface area contributed by atoms with Crippen LogP contribution in [0.25, 0.3) is 0 Å². The topological polar surface area (TPSA) is 20.2 Å². The maximum absolute atomic E-state index is 8.92. The quantitative estimate of drug-likeness (QED) is 0.769. The molecule has 1 fully saturated rings. The molecule has 1 saturated carbocycles. The highest BCUT2D eigenvalue weighted by molar-refractivity contribution is 5.25. The normalized spacial score (nSPS) is 16.1. The molecule has 2 rings (SSSR count). The van der Waals surface area contributed by atoms with Gasteiger partial charge in [0.25, 0.3) is 0 Å². The van der Waals surface area contributed by atoms with Crippen LogP contribution in [-0.4, -0.2) is 5.11 Å². The van der Waals surface area contributed by atoms with Crippen LogP contribution in [0.15, 0.2) is 24.3 Å². The first-order chi connectivity index (χ1) is 8.22. The smallest absolute Gasteiger partial charge is 0.115 e. The van der Waals surface area contributed by atoms with Crippen molar-refractivity contribution in [1.29, 1.82) is 0 Å². The Balaban J connectivity index is 0.000000181. The van der Waals surface area contributed by atoms with E-state index in [-0.39, 0.29) is 0 Å². The van der Waals surface area contributed by atoms with Gasteiger partial charge >= 0.3 is 0 Å². The number of phenolic OH excluding ortho intramolecular Hbond substituents is 1. The Bertz CT molecular complexity index is 283. The zero-order valence-corrected chi connectivity index (χ0v) is 11.3. The molecule has 1 heteroatoms. The fourth-order valence-electron chi connectivity index (χ4n) is 2.26. The average molecular weight is 234 g/mol. The molecular weight excluding hydrogens is 208 g/mol. The first kappa shape index (κ1) is 14.1. The minimum atomic E-state index is 0.347. The highest BCUT2D eigenvalue weighted by atomic mass is 16.3. The predicted octanol–water partition coefficient (Wildman–Crippen LogP) is 4.93. The van der Waals surface area contributed by atoms with Crippen molar-refractivity contribution >= 4 is 0 Å². The molecule has 1 N–H and O–H groups in total. The summed E-state index contributed by atoms with van der Waals surface area (Å²) in [6.45, 7) is 4.51. The molecule has 0 spiro atoms. The molecule has 1 aromatic rings. The van der Waals surface area contributed by atoms with Crippen LogP contribution in [0.4, 0.5) is 0 Å². The summed E-state index contributed by atoms with van der Waals surface area (Å²) in [5.74, 6) is 1.38. The standard InChI is InChI=1S/C9H12O.C7H14/c1-2-3-8-4-6-9(10)7-5-8;1-7-5-3-2-4-6-7/h4-7,10H,2-3H2,1H3;7H,2-6H2,1H3. The molecular formula is C16H26O. The molecule has 0 unspecified atom stereocenters. The monoisotopic (exact) mass is 234 g/mol. The Kier molecular flexibility index (Phi) is 6.76. The molecule has 96 valence electrons. The van der Waals surface area contributed by atoms with E-state index in [4.69, 9.17) is 5.11 Å². The molecule has 0 amide bonds. The van der Waals surface area contributed by atoms with Crippen LogP contribution in [0.5, 0.6) is 5.75 Å². The molecule has 0 heterocycles.